The predicted octanol–water partition coefficient (Wildman–Crippen LogP) is 17.3. The van der Waals surface area contributed by atoms with Gasteiger partial charge in [0.05, 0.1) is 6.08 Å². The van der Waals surface area contributed by atoms with Crippen LogP contribution in [0.25, 0.3) is 11.1 Å². The van der Waals surface area contributed by atoms with E-state index < -0.39 is 0 Å². The van der Waals surface area contributed by atoms with Crippen molar-refractivity contribution in [2.24, 2.45) is 0 Å². The van der Waals surface area contributed by atoms with Gasteiger partial charge < -0.3 is 20.4 Å². The Hall–Kier alpha value is -2.17. The number of allylic oxidation sites excluding steroid dienone is 2. The summed E-state index contributed by atoms with van der Waals surface area (Å²) in [5.74, 6) is 2.86. The Morgan fingerprint density at radius 1 is 0.446 bits per heavy atom. The van der Waals surface area contributed by atoms with Crippen molar-refractivity contribution in [3.63, 3.8) is 0 Å². The second-order valence-electron chi connectivity index (χ2n) is 16.2. The molecule has 0 radical (unpaired) electrons. The van der Waals surface area contributed by atoms with Crippen LogP contribution < -0.4 is 0 Å². The summed E-state index contributed by atoms with van der Waals surface area (Å²) in [5, 5.41) is 0. The van der Waals surface area contributed by atoms with Gasteiger partial charge in [0.25, 0.3) is 5.87 Å². The molecule has 0 aliphatic carbocycles. The second kappa shape index (κ2) is 38.4. The van der Waals surface area contributed by atoms with Crippen molar-refractivity contribution in [2.75, 3.05) is 0 Å². The number of hydrogen-bond acceptors (Lipinski definition) is 0. The number of benzene rings is 2. The van der Waals surface area contributed by atoms with E-state index >= 15 is 0 Å². The molecule has 0 N–H and O–H groups in total. The number of unbranched alkanes of at least 4 members (excludes halogenated alkanes) is 20. The van der Waals surface area contributed by atoms with E-state index in [9.17, 15) is 5.53 Å². The molecule has 0 aliphatic heterocycles. The Labute approximate surface area is 360 Å². The molecule has 2 aromatic rings. The fraction of sp³-hybridized carbons (Fsp3) is 0.660. The van der Waals surface area contributed by atoms with E-state index in [2.05, 4.69) is 81.7 Å². The first kappa shape index (κ1) is 55.9. The Morgan fingerprint density at radius 2 is 0.750 bits per heavy atom. The van der Waals surface area contributed by atoms with Crippen LogP contribution in [-0.4, -0.2) is 10.7 Å². The monoisotopic (exact) mass is 811 g/mol. The third kappa shape index (κ3) is 25.2. The number of hydrogen-bond donors (Lipinski definition) is 0. The molecular weight excluding hydrogens is 723 g/mol. The zero-order chi connectivity index (χ0) is 38.2. The van der Waals surface area contributed by atoms with Crippen LogP contribution in [0.4, 0.5) is 0 Å². The summed E-state index contributed by atoms with van der Waals surface area (Å²) in [6.07, 6.45) is 40.4. The van der Waals surface area contributed by atoms with E-state index in [4.69, 9.17) is 0 Å². The Balaban J connectivity index is 0. The van der Waals surface area contributed by atoms with Crippen LogP contribution >= 0.6 is 0 Å². The van der Waals surface area contributed by atoms with Crippen molar-refractivity contribution in [2.45, 2.75) is 227 Å². The van der Waals surface area contributed by atoms with E-state index in [1.807, 2.05) is 6.08 Å². The first-order valence-corrected chi connectivity index (χ1v) is 23.0. The van der Waals surface area contributed by atoms with Crippen LogP contribution in [0.15, 0.2) is 48.0 Å². The minimum absolute atomic E-state index is 0. The van der Waals surface area contributed by atoms with Gasteiger partial charge in [0.1, 0.15) is 0 Å². The summed E-state index contributed by atoms with van der Waals surface area (Å²) in [5.41, 5.74) is 20.7. The molecule has 0 atom stereocenters. The molecule has 0 amide bonds. The molecule has 0 fully saturated rings. The fourth-order valence-corrected chi connectivity index (χ4v) is 7.91. The third-order valence-corrected chi connectivity index (χ3v) is 11.1. The standard InChI is InChI=1S/C51H82N2.2CH3.Ni/c1-6-11-16-18-20-22-24-26-29-33-46-39-47(34-30-27-25-23-21-19-17-12-7-2)43-50(42-46)51(48(36-37-53-52)35-28-13-8-3)49-40-44(31-14-9-4)38-45(41-49)32-15-10-5;;;/h36,38-43H,6-35H2,1-5H3;2*1H3;/q;2*-1;+2. The van der Waals surface area contributed by atoms with Gasteiger partial charge in [0.2, 0.25) is 0 Å². The average Bonchev–Trinajstić information content (AvgIpc) is 3.17. The van der Waals surface area contributed by atoms with Gasteiger partial charge in [-0.3, -0.25) is 0 Å². The van der Waals surface area contributed by atoms with Gasteiger partial charge in [-0.25, -0.2) is 0 Å². The van der Waals surface area contributed by atoms with E-state index in [1.165, 1.54) is 199 Å². The third-order valence-electron chi connectivity index (χ3n) is 11.1. The molecule has 0 bridgehead atoms. The number of nitrogens with zero attached hydrogens (tertiary/aromatic N) is 2. The largest absolute Gasteiger partial charge is 2.00 e. The zero-order valence-corrected chi connectivity index (χ0v) is 39.0. The molecular formula is C53H88N2Ni. The Morgan fingerprint density at radius 3 is 1.09 bits per heavy atom. The number of rotatable bonds is 33. The summed E-state index contributed by atoms with van der Waals surface area (Å²) in [7, 11) is 0. The molecule has 0 spiro atoms. The Kier molecular flexibility index (Phi) is 38.3. The van der Waals surface area contributed by atoms with E-state index in [0.29, 0.717) is 0 Å². The summed E-state index contributed by atoms with van der Waals surface area (Å²) >= 11 is 0. The van der Waals surface area contributed by atoms with Crippen LogP contribution in [0, 0.1) is 14.9 Å². The molecule has 0 aromatic heterocycles. The molecule has 56 heavy (non-hydrogen) atoms. The van der Waals surface area contributed by atoms with Gasteiger partial charge in [0, 0.05) is 0 Å². The average molecular weight is 812 g/mol. The quantitative estimate of drug-likeness (QED) is 0.0131. The molecule has 2 nitrogen and oxygen atoms in total. The minimum Gasteiger partial charge on any atom is -0.358 e. The van der Waals surface area contributed by atoms with Crippen molar-refractivity contribution in [1.82, 2.24) is 0 Å². The van der Waals surface area contributed by atoms with Crippen LogP contribution in [0.3, 0.4) is 0 Å². The van der Waals surface area contributed by atoms with Gasteiger partial charge in [-0.05, 0) is 109 Å². The summed E-state index contributed by atoms with van der Waals surface area (Å²) in [4.78, 5) is 3.36. The maximum Gasteiger partial charge on any atom is 2.00 e. The fourth-order valence-electron chi connectivity index (χ4n) is 7.91. The van der Waals surface area contributed by atoms with E-state index in [1.54, 1.807) is 0 Å². The van der Waals surface area contributed by atoms with Crippen LogP contribution in [0.2, 0.25) is 0 Å². The molecule has 320 valence electrons. The van der Waals surface area contributed by atoms with Crippen molar-refractivity contribution < 1.29 is 21.3 Å². The summed E-state index contributed by atoms with van der Waals surface area (Å²) in [6.45, 7) is 11.5. The minimum atomic E-state index is 0. The molecule has 3 heteroatoms. The van der Waals surface area contributed by atoms with E-state index in [-0.39, 0.29) is 31.3 Å². The second-order valence-corrected chi connectivity index (χ2v) is 16.2. The van der Waals surface area contributed by atoms with Gasteiger partial charge in [0.15, 0.2) is 0 Å². The molecule has 0 heterocycles. The van der Waals surface area contributed by atoms with Crippen LogP contribution in [-0.2, 0) is 42.2 Å². The first-order valence-electron chi connectivity index (χ1n) is 23.0. The van der Waals surface area contributed by atoms with Crippen LogP contribution in [0.5, 0.6) is 0 Å². The molecule has 0 saturated heterocycles. The van der Waals surface area contributed by atoms with Crippen molar-refractivity contribution >= 4 is 11.4 Å². The maximum absolute atomic E-state index is 9.57. The van der Waals surface area contributed by atoms with E-state index in [0.717, 1.165) is 38.5 Å². The Bertz CT molecular complexity index is 1280. The van der Waals surface area contributed by atoms with Gasteiger partial charge in [-0.2, -0.15) is 0 Å². The van der Waals surface area contributed by atoms with Gasteiger partial charge in [-0.15, -0.1) is 4.79 Å². The summed E-state index contributed by atoms with van der Waals surface area (Å²) < 4.78 is 0. The molecule has 2 aromatic carbocycles. The summed E-state index contributed by atoms with van der Waals surface area (Å²) in [6, 6.07) is 15.0. The normalized spacial score (nSPS) is 11.1. The van der Waals surface area contributed by atoms with Gasteiger partial charge >= 0.3 is 16.5 Å². The number of aryl methyl sites for hydroxylation is 4. The van der Waals surface area contributed by atoms with Gasteiger partial charge in [-0.1, -0.05) is 199 Å². The molecule has 2 rings (SSSR count). The van der Waals surface area contributed by atoms with Crippen LogP contribution in [0.1, 0.15) is 235 Å². The zero-order valence-electron chi connectivity index (χ0n) is 38.0. The molecule has 0 saturated carbocycles. The van der Waals surface area contributed by atoms with Crippen molar-refractivity contribution in [3.05, 3.63) is 102 Å². The molecule has 0 aliphatic rings. The predicted molar refractivity (Wildman–Crippen MR) is 248 cm³/mol. The van der Waals surface area contributed by atoms with Crippen molar-refractivity contribution in [3.8, 4) is 0 Å². The first-order chi connectivity index (χ1) is 26.1. The van der Waals surface area contributed by atoms with Crippen molar-refractivity contribution in [1.29, 1.82) is 0 Å². The smallest absolute Gasteiger partial charge is 0.358 e. The topological polar surface area (TPSA) is 36.4 Å². The molecule has 0 unspecified atom stereocenters. The SMILES string of the molecule is CCCCCCCCCCCc1cc(CCCCCCCCCCC)cc(C(=C(C=C=[N+]=[N-])CCCCC)c2cc(CCCC)cc(CCCC)c2)c1.[CH3-].[CH3-].[Ni+2]. The maximum atomic E-state index is 9.57.